The van der Waals surface area contributed by atoms with Crippen molar-refractivity contribution in [2.24, 2.45) is 5.92 Å². The normalized spacial score (nSPS) is 27.6. The molecule has 3 heterocycles. The molecule has 0 aromatic heterocycles. The van der Waals surface area contributed by atoms with Gasteiger partial charge >= 0.3 is 0 Å². The van der Waals surface area contributed by atoms with Crippen LogP contribution in [0.5, 0.6) is 0 Å². The molecule has 2 unspecified atom stereocenters. The molecule has 1 aromatic rings. The number of amides is 3. The largest absolute Gasteiger partial charge is 0.370 e. The van der Waals surface area contributed by atoms with Crippen LogP contribution in [0, 0.1) is 5.92 Å². The first kappa shape index (κ1) is 23.1. The molecular weight excluding hydrogens is 428 g/mol. The molecule has 1 aromatic carbocycles. The lowest BCUT2D eigenvalue weighted by molar-refractivity contribution is -0.136. The lowest BCUT2D eigenvalue weighted by Crippen LogP contribution is -2.52. The fourth-order valence-electron chi connectivity index (χ4n) is 5.95. The van der Waals surface area contributed by atoms with Crippen LogP contribution in [0.15, 0.2) is 30.4 Å². The summed E-state index contributed by atoms with van der Waals surface area (Å²) in [5.41, 5.74) is 2.83. The van der Waals surface area contributed by atoms with Crippen LogP contribution >= 0.6 is 0 Å². The molecule has 7 heteroatoms. The number of piperidine rings is 1. The topological polar surface area (TPSA) is 73.0 Å². The van der Waals surface area contributed by atoms with E-state index in [0.717, 1.165) is 49.8 Å². The summed E-state index contributed by atoms with van der Waals surface area (Å²) in [7, 11) is 0. The average Bonchev–Trinajstić information content (AvgIpc) is 2.97. The fourth-order valence-corrected chi connectivity index (χ4v) is 5.95. The molecule has 1 aliphatic carbocycles. The number of allylic oxidation sites excluding steroid dienone is 2. The second-order valence-electron chi connectivity index (χ2n) is 10.2. The van der Waals surface area contributed by atoms with Gasteiger partial charge in [-0.25, -0.2) is 0 Å². The minimum absolute atomic E-state index is 0.105. The van der Waals surface area contributed by atoms with Crippen molar-refractivity contribution in [3.05, 3.63) is 41.5 Å². The molecule has 3 amide bonds. The van der Waals surface area contributed by atoms with Crippen LogP contribution in [-0.4, -0.2) is 66.3 Å². The number of carbonyl (C=O) groups is 3. The highest BCUT2D eigenvalue weighted by Gasteiger charge is 2.39. The molecule has 2 saturated heterocycles. The zero-order valence-electron chi connectivity index (χ0n) is 20.0. The third-order valence-electron chi connectivity index (χ3n) is 7.87. The molecule has 7 nitrogen and oxygen atoms in total. The molecule has 1 N–H and O–H groups in total. The van der Waals surface area contributed by atoms with Crippen LogP contribution in [0.1, 0.15) is 67.3 Å². The first-order chi connectivity index (χ1) is 16.6. The quantitative estimate of drug-likeness (QED) is 0.548. The van der Waals surface area contributed by atoms with Gasteiger partial charge < -0.3 is 14.7 Å². The Kier molecular flexibility index (Phi) is 6.99. The van der Waals surface area contributed by atoms with Crippen molar-refractivity contribution in [1.82, 2.24) is 15.1 Å². The molecule has 34 heavy (non-hydrogen) atoms. The molecule has 2 atom stereocenters. The summed E-state index contributed by atoms with van der Waals surface area (Å²) >= 11 is 0. The Morgan fingerprint density at radius 2 is 1.79 bits per heavy atom. The second-order valence-corrected chi connectivity index (χ2v) is 10.2. The van der Waals surface area contributed by atoms with E-state index in [0.29, 0.717) is 18.5 Å². The van der Waals surface area contributed by atoms with E-state index in [9.17, 15) is 14.4 Å². The number of rotatable bonds is 4. The Hall–Kier alpha value is -2.67. The molecule has 3 aliphatic heterocycles. The van der Waals surface area contributed by atoms with E-state index < -0.39 is 6.04 Å². The van der Waals surface area contributed by atoms with Gasteiger partial charge in [0, 0.05) is 50.4 Å². The smallest absolute Gasteiger partial charge is 0.255 e. The van der Waals surface area contributed by atoms with Gasteiger partial charge in [0.1, 0.15) is 6.04 Å². The number of nitrogens with zero attached hydrogens (tertiary/aromatic N) is 3. The number of hydrogen-bond acceptors (Lipinski definition) is 5. The summed E-state index contributed by atoms with van der Waals surface area (Å²) in [5, 5.41) is 2.38. The first-order valence-corrected chi connectivity index (χ1v) is 13.0. The number of imide groups is 1. The molecule has 5 rings (SSSR count). The number of anilines is 1. The molecule has 0 bridgehead atoms. The number of carbonyl (C=O) groups excluding carboxylic acids is 3. The lowest BCUT2D eigenvalue weighted by atomic mass is 9.93. The summed E-state index contributed by atoms with van der Waals surface area (Å²) in [5.74, 6) is 0.0905. The maximum absolute atomic E-state index is 13.0. The van der Waals surface area contributed by atoms with E-state index in [2.05, 4.69) is 39.4 Å². The summed E-state index contributed by atoms with van der Waals surface area (Å²) in [6.45, 7) is 5.88. The Bertz CT molecular complexity index is 975. The number of fused-ring (bicyclic) bond motifs is 1. The Morgan fingerprint density at radius 3 is 2.68 bits per heavy atom. The first-order valence-electron chi connectivity index (χ1n) is 13.0. The maximum atomic E-state index is 13.0. The van der Waals surface area contributed by atoms with Gasteiger partial charge in [0.15, 0.2) is 0 Å². The molecule has 2 fully saturated rings. The third kappa shape index (κ3) is 5.04. The Morgan fingerprint density at radius 1 is 0.912 bits per heavy atom. The number of benzene rings is 1. The van der Waals surface area contributed by atoms with Crippen LogP contribution in [0.3, 0.4) is 0 Å². The van der Waals surface area contributed by atoms with Gasteiger partial charge in [0.05, 0.1) is 0 Å². The highest BCUT2D eigenvalue weighted by Crippen LogP contribution is 2.31. The van der Waals surface area contributed by atoms with Crippen LogP contribution in [0.25, 0.3) is 0 Å². The van der Waals surface area contributed by atoms with Crippen molar-refractivity contribution in [3.63, 3.8) is 0 Å². The van der Waals surface area contributed by atoms with Gasteiger partial charge in [0.25, 0.3) is 5.91 Å². The summed E-state index contributed by atoms with van der Waals surface area (Å²) in [4.78, 5) is 43.5. The molecule has 0 radical (unpaired) electrons. The zero-order chi connectivity index (χ0) is 23.5. The van der Waals surface area contributed by atoms with E-state index in [1.807, 2.05) is 6.07 Å². The summed E-state index contributed by atoms with van der Waals surface area (Å²) in [6, 6.07) is 5.55. The van der Waals surface area contributed by atoms with Crippen molar-refractivity contribution in [1.29, 1.82) is 0 Å². The molecular formula is C27H36N4O3. The van der Waals surface area contributed by atoms with Crippen LogP contribution in [0.4, 0.5) is 5.69 Å². The van der Waals surface area contributed by atoms with Gasteiger partial charge in [-0.1, -0.05) is 12.2 Å². The van der Waals surface area contributed by atoms with Crippen molar-refractivity contribution in [2.75, 3.05) is 37.6 Å². The predicted octanol–water partition coefficient (Wildman–Crippen LogP) is 3.10. The summed E-state index contributed by atoms with van der Waals surface area (Å²) in [6.07, 6.45) is 12.9. The minimum atomic E-state index is -0.559. The number of nitrogens with one attached hydrogen (secondary N) is 1. The summed E-state index contributed by atoms with van der Waals surface area (Å²) < 4.78 is 0. The third-order valence-corrected chi connectivity index (χ3v) is 7.87. The van der Waals surface area contributed by atoms with Gasteiger partial charge in [-0.2, -0.15) is 0 Å². The van der Waals surface area contributed by atoms with E-state index in [4.69, 9.17) is 0 Å². The van der Waals surface area contributed by atoms with E-state index in [1.54, 1.807) is 4.90 Å². The van der Waals surface area contributed by atoms with Gasteiger partial charge in [-0.3, -0.25) is 19.7 Å². The van der Waals surface area contributed by atoms with Crippen molar-refractivity contribution < 1.29 is 14.4 Å². The Labute approximate surface area is 202 Å². The highest BCUT2D eigenvalue weighted by molar-refractivity contribution is 6.05. The highest BCUT2D eigenvalue weighted by atomic mass is 16.2. The average molecular weight is 465 g/mol. The van der Waals surface area contributed by atoms with Crippen molar-refractivity contribution >= 4 is 23.4 Å². The van der Waals surface area contributed by atoms with Crippen molar-refractivity contribution in [2.45, 2.75) is 64.0 Å². The fraction of sp³-hybridized carbons (Fsp3) is 0.593. The van der Waals surface area contributed by atoms with Crippen molar-refractivity contribution in [3.8, 4) is 0 Å². The minimum Gasteiger partial charge on any atom is -0.370 e. The van der Waals surface area contributed by atoms with Gasteiger partial charge in [-0.15, -0.1) is 0 Å². The lowest BCUT2D eigenvalue weighted by Gasteiger charge is -2.29. The molecule has 4 aliphatic rings. The van der Waals surface area contributed by atoms with Crippen LogP contribution in [0.2, 0.25) is 0 Å². The van der Waals surface area contributed by atoms with E-state index in [-0.39, 0.29) is 24.1 Å². The zero-order valence-corrected chi connectivity index (χ0v) is 20.0. The Balaban J connectivity index is 1.21. The van der Waals surface area contributed by atoms with Gasteiger partial charge in [0.2, 0.25) is 11.8 Å². The molecule has 0 saturated carbocycles. The standard InChI is InChI=1S/C27H36N4O3/c32-25-12-11-24(26(33)28-25)31-19-21-17-22(9-10-23(21)27(31)34)30-14-6-13-29(15-16-30)18-20-7-4-2-1-3-5-8-20/h1-2,9-10,17,20,24H,3-8,11-16,18-19H2,(H,28,32,33)/b2-1+. The monoisotopic (exact) mass is 464 g/mol. The van der Waals surface area contributed by atoms with Crippen LogP contribution < -0.4 is 10.2 Å². The molecule has 0 spiro atoms. The number of hydrogen-bond donors (Lipinski definition) is 1. The van der Waals surface area contributed by atoms with E-state index in [1.165, 1.54) is 38.6 Å². The molecule has 182 valence electrons. The SMILES string of the molecule is O=C1CCC(N2Cc3cc(N4CCCN(CC5CC/C=C/CCC5)CC4)ccc3C2=O)C(=O)N1. The van der Waals surface area contributed by atoms with Gasteiger partial charge in [-0.05, 0) is 81.2 Å². The maximum Gasteiger partial charge on any atom is 0.255 e. The predicted molar refractivity (Wildman–Crippen MR) is 131 cm³/mol. The van der Waals surface area contributed by atoms with E-state index >= 15 is 0 Å². The van der Waals surface area contributed by atoms with Crippen LogP contribution in [-0.2, 0) is 16.1 Å². The second kappa shape index (κ2) is 10.3.